The number of carbonyl (C=O) groups is 1. The monoisotopic (exact) mass is 289 g/mol. The first-order valence-electron chi connectivity index (χ1n) is 4.91. The predicted molar refractivity (Wildman–Crippen MR) is 62.7 cm³/mol. The van der Waals surface area contributed by atoms with Gasteiger partial charge in [0.1, 0.15) is 5.82 Å². The molecule has 0 atom stereocenters. The molecule has 1 rings (SSSR count). The lowest BCUT2D eigenvalue weighted by Crippen LogP contribution is -2.29. The average molecular weight is 290 g/mol. The van der Waals surface area contributed by atoms with Crippen molar-refractivity contribution in [3.8, 4) is 0 Å². The van der Waals surface area contributed by atoms with Crippen molar-refractivity contribution in [1.82, 2.24) is 4.90 Å². The third-order valence-electron chi connectivity index (χ3n) is 2.23. The molecule has 16 heavy (non-hydrogen) atoms. The van der Waals surface area contributed by atoms with Crippen molar-refractivity contribution < 1.29 is 14.3 Å². The van der Waals surface area contributed by atoms with E-state index in [-0.39, 0.29) is 12.4 Å². The summed E-state index contributed by atoms with van der Waals surface area (Å²) in [5.74, 6) is -1.21. The zero-order valence-corrected chi connectivity index (χ0v) is 10.5. The van der Waals surface area contributed by atoms with Crippen LogP contribution >= 0.6 is 15.9 Å². The zero-order chi connectivity index (χ0) is 12.1. The molecule has 3 nitrogen and oxygen atoms in total. The van der Waals surface area contributed by atoms with Crippen molar-refractivity contribution in [1.29, 1.82) is 0 Å². The quantitative estimate of drug-likeness (QED) is 0.905. The van der Waals surface area contributed by atoms with Gasteiger partial charge in [0, 0.05) is 6.54 Å². The van der Waals surface area contributed by atoms with Gasteiger partial charge in [0.05, 0.1) is 11.0 Å². The Morgan fingerprint density at radius 1 is 1.56 bits per heavy atom. The van der Waals surface area contributed by atoms with Crippen LogP contribution in [0.5, 0.6) is 0 Å². The molecule has 0 fully saturated rings. The molecule has 0 spiro atoms. The fourth-order valence-corrected chi connectivity index (χ4v) is 1.77. The van der Waals surface area contributed by atoms with E-state index >= 15 is 0 Å². The molecule has 0 bridgehead atoms. The second kappa shape index (κ2) is 5.96. The third kappa shape index (κ3) is 3.57. The van der Waals surface area contributed by atoms with Crippen molar-refractivity contribution in [3.05, 3.63) is 34.1 Å². The van der Waals surface area contributed by atoms with Crippen LogP contribution in [0.1, 0.15) is 12.5 Å². The largest absolute Gasteiger partial charge is 0.480 e. The van der Waals surface area contributed by atoms with Gasteiger partial charge in [0.15, 0.2) is 0 Å². The molecule has 1 aromatic carbocycles. The standard InChI is InChI=1S/C11H13BrFNO2/c1-2-14(7-10(15)16)6-8-4-3-5-9(13)11(8)12/h3-5H,2,6-7H2,1H3,(H,15,16). The van der Waals surface area contributed by atoms with E-state index in [1.165, 1.54) is 6.07 Å². The first kappa shape index (κ1) is 13.1. The van der Waals surface area contributed by atoms with E-state index in [0.29, 0.717) is 17.6 Å². The molecule has 0 unspecified atom stereocenters. The van der Waals surface area contributed by atoms with E-state index < -0.39 is 5.97 Å². The summed E-state index contributed by atoms with van der Waals surface area (Å²) in [6.45, 7) is 2.85. The second-order valence-electron chi connectivity index (χ2n) is 3.41. The van der Waals surface area contributed by atoms with Gasteiger partial charge >= 0.3 is 5.97 Å². The number of rotatable bonds is 5. The first-order chi connectivity index (χ1) is 7.54. The maximum Gasteiger partial charge on any atom is 0.317 e. The Morgan fingerprint density at radius 3 is 2.81 bits per heavy atom. The van der Waals surface area contributed by atoms with Gasteiger partial charge in [-0.3, -0.25) is 9.69 Å². The summed E-state index contributed by atoms with van der Waals surface area (Å²) < 4.78 is 13.6. The van der Waals surface area contributed by atoms with E-state index in [4.69, 9.17) is 5.11 Å². The van der Waals surface area contributed by atoms with Gasteiger partial charge in [-0.05, 0) is 34.1 Å². The lowest BCUT2D eigenvalue weighted by atomic mass is 10.2. The molecule has 0 aliphatic carbocycles. The molecule has 0 aliphatic rings. The van der Waals surface area contributed by atoms with E-state index in [1.807, 2.05) is 6.92 Å². The van der Waals surface area contributed by atoms with E-state index in [0.717, 1.165) is 5.56 Å². The number of nitrogens with zero attached hydrogens (tertiary/aromatic N) is 1. The molecule has 0 saturated carbocycles. The molecule has 5 heteroatoms. The lowest BCUT2D eigenvalue weighted by molar-refractivity contribution is -0.138. The van der Waals surface area contributed by atoms with Crippen LogP contribution in [0.4, 0.5) is 4.39 Å². The normalized spacial score (nSPS) is 10.8. The van der Waals surface area contributed by atoms with Crippen molar-refractivity contribution in [2.75, 3.05) is 13.1 Å². The summed E-state index contributed by atoms with van der Waals surface area (Å²) in [6.07, 6.45) is 0. The highest BCUT2D eigenvalue weighted by molar-refractivity contribution is 9.10. The number of halogens is 2. The van der Waals surface area contributed by atoms with Gasteiger partial charge in [-0.1, -0.05) is 19.1 Å². The fourth-order valence-electron chi connectivity index (χ4n) is 1.38. The number of carboxylic acids is 1. The fraction of sp³-hybridized carbons (Fsp3) is 0.364. The Kier molecular flexibility index (Phi) is 4.89. The van der Waals surface area contributed by atoms with Gasteiger partial charge in [-0.2, -0.15) is 0 Å². The van der Waals surface area contributed by atoms with Crippen LogP contribution in [0.15, 0.2) is 22.7 Å². The Balaban J connectivity index is 2.77. The molecule has 0 heterocycles. The molecule has 88 valence electrons. The Morgan fingerprint density at radius 2 is 2.25 bits per heavy atom. The van der Waals surface area contributed by atoms with Crippen LogP contribution in [-0.4, -0.2) is 29.1 Å². The highest BCUT2D eigenvalue weighted by Crippen LogP contribution is 2.21. The van der Waals surface area contributed by atoms with Crippen LogP contribution in [0.3, 0.4) is 0 Å². The maximum absolute atomic E-state index is 13.2. The van der Waals surface area contributed by atoms with Crippen molar-refractivity contribution in [2.24, 2.45) is 0 Å². The van der Waals surface area contributed by atoms with E-state index in [9.17, 15) is 9.18 Å². The van der Waals surface area contributed by atoms with Crippen molar-refractivity contribution in [2.45, 2.75) is 13.5 Å². The van der Waals surface area contributed by atoms with Crippen LogP contribution in [0, 0.1) is 5.82 Å². The molecule has 0 aromatic heterocycles. The van der Waals surface area contributed by atoms with Crippen LogP contribution in [-0.2, 0) is 11.3 Å². The third-order valence-corrected chi connectivity index (χ3v) is 3.12. The number of benzene rings is 1. The molecular weight excluding hydrogens is 277 g/mol. The molecule has 0 radical (unpaired) electrons. The Hall–Kier alpha value is -0.940. The van der Waals surface area contributed by atoms with Crippen molar-refractivity contribution in [3.63, 3.8) is 0 Å². The van der Waals surface area contributed by atoms with Gasteiger partial charge < -0.3 is 5.11 Å². The minimum atomic E-state index is -0.880. The maximum atomic E-state index is 13.2. The summed E-state index contributed by atoms with van der Waals surface area (Å²) >= 11 is 3.15. The molecular formula is C11H13BrFNO2. The van der Waals surface area contributed by atoms with Gasteiger partial charge in [0.25, 0.3) is 0 Å². The van der Waals surface area contributed by atoms with Crippen LogP contribution in [0.2, 0.25) is 0 Å². The number of likely N-dealkylation sites (N-methyl/N-ethyl adjacent to an activating group) is 1. The highest BCUT2D eigenvalue weighted by atomic mass is 79.9. The smallest absolute Gasteiger partial charge is 0.317 e. The minimum Gasteiger partial charge on any atom is -0.480 e. The van der Waals surface area contributed by atoms with Gasteiger partial charge in [-0.15, -0.1) is 0 Å². The first-order valence-corrected chi connectivity index (χ1v) is 5.71. The topological polar surface area (TPSA) is 40.5 Å². The van der Waals surface area contributed by atoms with Crippen LogP contribution < -0.4 is 0 Å². The van der Waals surface area contributed by atoms with E-state index in [2.05, 4.69) is 15.9 Å². The van der Waals surface area contributed by atoms with Crippen molar-refractivity contribution >= 4 is 21.9 Å². The summed E-state index contributed by atoms with van der Waals surface area (Å²) in [4.78, 5) is 12.3. The molecule has 0 saturated heterocycles. The summed E-state index contributed by atoms with van der Waals surface area (Å²) in [5, 5.41) is 8.69. The summed E-state index contributed by atoms with van der Waals surface area (Å²) in [7, 11) is 0. The van der Waals surface area contributed by atoms with Gasteiger partial charge in [0.2, 0.25) is 0 Å². The highest BCUT2D eigenvalue weighted by Gasteiger charge is 2.11. The average Bonchev–Trinajstić information content (AvgIpc) is 2.23. The lowest BCUT2D eigenvalue weighted by Gasteiger charge is -2.18. The molecule has 1 N–H and O–H groups in total. The SMILES string of the molecule is CCN(CC(=O)O)Cc1cccc(F)c1Br. The Bertz CT molecular complexity index is 384. The number of aliphatic carboxylic acids is 1. The number of hydrogen-bond acceptors (Lipinski definition) is 2. The minimum absolute atomic E-state index is 0.0422. The number of carboxylic acid groups (broad SMARTS) is 1. The molecule has 1 aromatic rings. The van der Waals surface area contributed by atoms with Gasteiger partial charge in [-0.25, -0.2) is 4.39 Å². The summed E-state index contributed by atoms with van der Waals surface area (Å²) in [6, 6.07) is 4.75. The molecule has 0 aliphatic heterocycles. The number of hydrogen-bond donors (Lipinski definition) is 1. The Labute approximate surface area is 102 Å². The second-order valence-corrected chi connectivity index (χ2v) is 4.20. The van der Waals surface area contributed by atoms with Crippen LogP contribution in [0.25, 0.3) is 0 Å². The predicted octanol–water partition coefficient (Wildman–Crippen LogP) is 2.49. The van der Waals surface area contributed by atoms with E-state index in [1.54, 1.807) is 17.0 Å². The molecule has 0 amide bonds. The summed E-state index contributed by atoms with van der Waals surface area (Å²) in [5.41, 5.74) is 0.753. The zero-order valence-electron chi connectivity index (χ0n) is 8.91.